The lowest BCUT2D eigenvalue weighted by molar-refractivity contribution is 0.629. The molecule has 10 aromatic carbocycles. The molecule has 20 aromatic rings. The third kappa shape index (κ3) is 13.2. The molecule has 0 aliphatic heterocycles. The maximum Gasteiger partial charge on any atom is 0.196 e. The molecule has 0 saturated carbocycles. The molecule has 108 heavy (non-hydrogen) atoms. The van der Waals surface area contributed by atoms with Crippen LogP contribution in [0.2, 0.25) is 0 Å². The van der Waals surface area contributed by atoms with E-state index < -0.39 is 23.3 Å². The van der Waals surface area contributed by atoms with Crippen LogP contribution in [0.1, 0.15) is 0 Å². The lowest BCUT2D eigenvalue weighted by Gasteiger charge is -2.12. The molecular weight excluding hydrogens is 1440 g/mol. The summed E-state index contributed by atoms with van der Waals surface area (Å²) >= 11 is 5.72. The Labute approximate surface area is 623 Å². The van der Waals surface area contributed by atoms with Crippen LogP contribution in [-0.4, -0.2) is 29.9 Å². The van der Waals surface area contributed by atoms with Crippen LogP contribution in [0.4, 0.5) is 63.7 Å². The minimum atomic E-state index is -0.420. The zero-order valence-corrected chi connectivity index (χ0v) is 59.3. The summed E-state index contributed by atoms with van der Waals surface area (Å²) in [5, 5.41) is 20.0. The highest BCUT2D eigenvalue weighted by atomic mass is 32.1. The summed E-state index contributed by atoms with van der Waals surface area (Å²) in [6.07, 6.45) is 5.08. The first kappa shape index (κ1) is 67.8. The molecule has 20 rings (SSSR count). The molecule has 0 aliphatic rings. The van der Waals surface area contributed by atoms with Crippen LogP contribution in [-0.2, 0) is 0 Å². The van der Waals surface area contributed by atoms with E-state index in [-0.39, 0.29) is 21.7 Å². The number of rotatable bonds is 8. The van der Waals surface area contributed by atoms with E-state index in [1.807, 2.05) is 188 Å². The maximum atomic E-state index is 13.7. The van der Waals surface area contributed by atoms with E-state index in [4.69, 9.17) is 19.9 Å². The van der Waals surface area contributed by atoms with Gasteiger partial charge in [-0.25, -0.2) is 42.5 Å². The van der Waals surface area contributed by atoms with Crippen LogP contribution in [0.15, 0.2) is 299 Å². The summed E-state index contributed by atoms with van der Waals surface area (Å²) in [6, 6.07) is 76.0. The lowest BCUT2D eigenvalue weighted by Crippen LogP contribution is -2.05. The number of pyridine rings is 6. The molecule has 0 spiro atoms. The van der Waals surface area contributed by atoms with E-state index in [1.165, 1.54) is 93.9 Å². The van der Waals surface area contributed by atoms with Gasteiger partial charge < -0.3 is 21.3 Å². The van der Waals surface area contributed by atoms with Gasteiger partial charge in [0.05, 0.1) is 74.3 Å². The highest BCUT2D eigenvalue weighted by molar-refractivity contribution is 7.26. The highest BCUT2D eigenvalue weighted by Gasteiger charge is 2.21. The van der Waals surface area contributed by atoms with Gasteiger partial charge in [-0.1, -0.05) is 115 Å². The third-order valence-corrected chi connectivity index (χ3v) is 22.5. The van der Waals surface area contributed by atoms with Crippen LogP contribution < -0.4 is 43.0 Å². The van der Waals surface area contributed by atoms with Crippen molar-refractivity contribution in [1.82, 2.24) is 29.9 Å². The average molecular weight is 1490 g/mol. The monoisotopic (exact) mass is 1490 g/mol. The highest BCUT2D eigenvalue weighted by Crippen LogP contribution is 2.41. The fourth-order valence-electron chi connectivity index (χ4n) is 12.9. The topological polar surface area (TPSA) is 194 Å². The van der Waals surface area contributed by atoms with Crippen molar-refractivity contribution >= 4 is 216 Å². The molecule has 0 saturated heterocycles. The van der Waals surface area contributed by atoms with Gasteiger partial charge in [-0.2, -0.15) is 0 Å². The van der Waals surface area contributed by atoms with E-state index in [0.29, 0.717) is 83.2 Å². The number of anilines is 8. The Morgan fingerprint density at radius 1 is 0.269 bits per heavy atom. The fraction of sp³-hybridized carbons (Fsp3) is 0. The predicted molar refractivity (Wildman–Crippen MR) is 438 cm³/mol. The molecule has 520 valence electrons. The zero-order chi connectivity index (χ0) is 73.5. The van der Waals surface area contributed by atoms with Gasteiger partial charge in [0, 0.05) is 85.7 Å². The number of hydrogen-bond acceptors (Lipinski definition) is 18. The Morgan fingerprint density at radius 2 is 0.565 bits per heavy atom. The largest absolute Gasteiger partial charge is 0.339 e. The van der Waals surface area contributed by atoms with Gasteiger partial charge in [-0.15, -0.1) is 45.3 Å². The van der Waals surface area contributed by atoms with Crippen LogP contribution in [0.25, 0.3) is 124 Å². The Bertz CT molecular complexity index is 6390. The van der Waals surface area contributed by atoms with Gasteiger partial charge in [-0.05, 0) is 146 Å². The minimum absolute atomic E-state index is 0.173. The van der Waals surface area contributed by atoms with Gasteiger partial charge >= 0.3 is 0 Å². The third-order valence-electron chi connectivity index (χ3n) is 17.8. The van der Waals surface area contributed by atoms with Crippen molar-refractivity contribution in [1.29, 1.82) is 0 Å². The molecule has 0 bridgehead atoms. The van der Waals surface area contributed by atoms with Gasteiger partial charge in [0.1, 0.15) is 52.4 Å². The predicted octanol–water partition coefficient (Wildman–Crippen LogP) is 22.2. The zero-order valence-electron chi connectivity index (χ0n) is 56.0. The fourth-order valence-corrected chi connectivity index (χ4v) is 17.4. The summed E-state index contributed by atoms with van der Waals surface area (Å²) in [4.78, 5) is 80.3. The smallest absolute Gasteiger partial charge is 0.196 e. The summed E-state index contributed by atoms with van der Waals surface area (Å²) < 4.78 is 60.8. The van der Waals surface area contributed by atoms with E-state index in [9.17, 15) is 36.7 Å². The molecule has 22 heteroatoms. The Balaban J connectivity index is 0.000000105. The molecule has 10 aromatic heterocycles. The first-order valence-corrected chi connectivity index (χ1v) is 36.9. The number of aromatic nitrogens is 6. The van der Waals surface area contributed by atoms with Crippen molar-refractivity contribution < 1.29 is 17.6 Å². The van der Waals surface area contributed by atoms with Crippen LogP contribution in [0.5, 0.6) is 0 Å². The van der Waals surface area contributed by atoms with Gasteiger partial charge in [0.2, 0.25) is 0 Å². The molecular formula is C86H50F4N10O4S4. The first-order valence-electron chi connectivity index (χ1n) is 33.6. The lowest BCUT2D eigenvalue weighted by atomic mass is 10.1. The molecule has 0 aliphatic carbocycles. The number of hydrogen-bond donors (Lipinski definition) is 4. The number of halogens is 4. The SMILES string of the molecule is O=c1c2cc(F)ccc2sc2c(Nc3ccccc3)nc3ccccc3c12.O=c1c2cc(F)ccc2sc2c(Nc3ccccc3)nc3ccccc3c12.O=c1c2cc(F)ccc2sc2c(Nc3ccccn3)nc3ccccc3c12.O=c1c2cc(F)ccc2sc2c(Nc3cccnc3)nc3ccccc3c12. The van der Waals surface area contributed by atoms with Crippen molar-refractivity contribution in [3.8, 4) is 0 Å². The Hall–Kier alpha value is -13.4. The second-order valence-corrected chi connectivity index (χ2v) is 28.9. The standard InChI is InChI=1S/2C22H13FN2OS.2C21H12FN3OS/c2*23-13-10-11-18-16(12-13)20(26)19-15-8-4-5-9-17(15)25-22(21(19)27-18)24-14-6-2-1-3-7-14;22-12-7-8-17-15(10-12)19(26)18-14-5-1-2-6-16(14)25-21(20(18)27-17)24-13-4-3-9-23-11-13;22-12-8-9-16-14(11-12)19(26)18-13-5-1-2-6-15(13)24-21(20(18)27-16)25-17-7-3-4-10-23-17/h2*1-12H,(H,24,25);1-11H,(H,24,25);1-11H,(H,23,24,25). The number of nitrogens with zero attached hydrogens (tertiary/aromatic N) is 6. The van der Waals surface area contributed by atoms with E-state index in [2.05, 4.69) is 31.2 Å². The summed E-state index contributed by atoms with van der Waals surface area (Å²) in [7, 11) is 0. The average Bonchev–Trinajstić information content (AvgIpc) is 0.760. The van der Waals surface area contributed by atoms with Gasteiger partial charge in [0.25, 0.3) is 0 Å². The van der Waals surface area contributed by atoms with Crippen molar-refractivity contribution in [2.75, 3.05) is 21.3 Å². The minimum Gasteiger partial charge on any atom is -0.339 e. The second kappa shape index (κ2) is 28.9. The summed E-state index contributed by atoms with van der Waals surface area (Å²) in [5.74, 6) is 1.39. The molecule has 10 heterocycles. The Morgan fingerprint density at radius 3 is 0.880 bits per heavy atom. The molecule has 14 nitrogen and oxygen atoms in total. The van der Waals surface area contributed by atoms with Crippen molar-refractivity contribution in [3.05, 3.63) is 344 Å². The van der Waals surface area contributed by atoms with Crippen LogP contribution in [0, 0.1) is 23.3 Å². The van der Waals surface area contributed by atoms with Crippen molar-refractivity contribution in [3.63, 3.8) is 0 Å². The first-order chi connectivity index (χ1) is 52.8. The van der Waals surface area contributed by atoms with Crippen LogP contribution >= 0.6 is 45.3 Å². The van der Waals surface area contributed by atoms with Crippen LogP contribution in [0.3, 0.4) is 0 Å². The number of benzene rings is 10. The quantitative estimate of drug-likeness (QED) is 0.0638. The molecule has 0 fully saturated rings. The normalized spacial score (nSPS) is 11.3. The molecule has 0 unspecified atom stereocenters. The summed E-state index contributed by atoms with van der Waals surface area (Å²) in [5.41, 5.74) is 4.68. The van der Waals surface area contributed by atoms with E-state index in [1.54, 1.807) is 42.9 Å². The molecule has 0 amide bonds. The number of para-hydroxylation sites is 6. The summed E-state index contributed by atoms with van der Waals surface area (Å²) in [6.45, 7) is 0. The van der Waals surface area contributed by atoms with Crippen molar-refractivity contribution in [2.24, 2.45) is 0 Å². The number of nitrogens with one attached hydrogen (secondary N) is 4. The second-order valence-electron chi connectivity index (χ2n) is 24.7. The van der Waals surface area contributed by atoms with E-state index in [0.717, 1.165) is 87.2 Å². The molecule has 0 radical (unpaired) electrons. The van der Waals surface area contributed by atoms with Gasteiger partial charge in [0.15, 0.2) is 21.7 Å². The Kier molecular flexibility index (Phi) is 18.2. The number of fused-ring (bicyclic) bond motifs is 16. The van der Waals surface area contributed by atoms with Crippen molar-refractivity contribution in [2.45, 2.75) is 0 Å². The van der Waals surface area contributed by atoms with Gasteiger partial charge in [-0.3, -0.25) is 24.2 Å². The molecule has 0 atom stereocenters. The maximum absolute atomic E-state index is 13.7. The van der Waals surface area contributed by atoms with E-state index >= 15 is 0 Å². The molecule has 4 N–H and O–H groups in total.